The average molecular weight is 408 g/mol. The van der Waals surface area contributed by atoms with Crippen LogP contribution in [0.1, 0.15) is 21.6 Å². The average Bonchev–Trinajstić information content (AvgIpc) is 3.12. The molecule has 0 bridgehead atoms. The summed E-state index contributed by atoms with van der Waals surface area (Å²) in [6, 6.07) is 13.3. The van der Waals surface area contributed by atoms with Crippen molar-refractivity contribution in [2.75, 3.05) is 0 Å². The second kappa shape index (κ2) is 7.53. The first kappa shape index (κ1) is 18.5. The maximum Gasteiger partial charge on any atom is 0.274 e. The number of aromatic nitrogens is 2. The third-order valence-electron chi connectivity index (χ3n) is 3.61. The Morgan fingerprint density at radius 1 is 1.12 bits per heavy atom. The second-order valence-corrected chi connectivity index (χ2v) is 8.87. The Labute approximate surface area is 159 Å². The lowest BCUT2D eigenvalue weighted by Gasteiger charge is -2.06. The van der Waals surface area contributed by atoms with Crippen molar-refractivity contribution in [3.05, 3.63) is 70.4 Å². The van der Waals surface area contributed by atoms with Gasteiger partial charge in [-0.05, 0) is 36.8 Å². The molecule has 0 unspecified atom stereocenters. The predicted octanol–water partition coefficient (Wildman–Crippen LogP) is 3.26. The Morgan fingerprint density at radius 3 is 2.42 bits per heavy atom. The largest absolute Gasteiger partial charge is 0.346 e. The van der Waals surface area contributed by atoms with E-state index in [1.54, 1.807) is 0 Å². The summed E-state index contributed by atoms with van der Waals surface area (Å²) in [5, 5.41) is 6.80. The SMILES string of the molecule is Cc1ccc(CNC(=O)c2nnsc2S(=O)(=O)c2ccc(Cl)cc2)cc1. The van der Waals surface area contributed by atoms with E-state index in [1.165, 1.54) is 24.3 Å². The topological polar surface area (TPSA) is 89.0 Å². The number of nitrogens with one attached hydrogen (secondary N) is 1. The predicted molar refractivity (Wildman–Crippen MR) is 99.2 cm³/mol. The molecule has 1 amide bonds. The number of aryl methyl sites for hydroxylation is 1. The number of carbonyl (C=O) groups is 1. The van der Waals surface area contributed by atoms with Crippen molar-refractivity contribution >= 4 is 38.9 Å². The fraction of sp³-hybridized carbons (Fsp3) is 0.118. The summed E-state index contributed by atoms with van der Waals surface area (Å²) in [6.45, 7) is 2.23. The van der Waals surface area contributed by atoms with E-state index in [0.29, 0.717) is 16.6 Å². The van der Waals surface area contributed by atoms with Crippen LogP contribution < -0.4 is 5.32 Å². The van der Waals surface area contributed by atoms with Gasteiger partial charge in [0.05, 0.1) is 4.90 Å². The van der Waals surface area contributed by atoms with Crippen molar-refractivity contribution in [3.63, 3.8) is 0 Å². The van der Waals surface area contributed by atoms with Crippen LogP contribution in [0.4, 0.5) is 0 Å². The summed E-state index contributed by atoms with van der Waals surface area (Å²) in [6.07, 6.45) is 0. The highest BCUT2D eigenvalue weighted by Crippen LogP contribution is 2.27. The van der Waals surface area contributed by atoms with Crippen molar-refractivity contribution in [2.24, 2.45) is 0 Å². The lowest BCUT2D eigenvalue weighted by Crippen LogP contribution is -2.24. The van der Waals surface area contributed by atoms with Gasteiger partial charge in [0, 0.05) is 23.1 Å². The van der Waals surface area contributed by atoms with Crippen molar-refractivity contribution in [1.82, 2.24) is 14.9 Å². The quantitative estimate of drug-likeness (QED) is 0.701. The number of carbonyl (C=O) groups excluding carboxylic acids is 1. The molecule has 1 aromatic heterocycles. The third-order valence-corrected chi connectivity index (χ3v) is 6.85. The molecule has 0 aliphatic heterocycles. The molecule has 134 valence electrons. The smallest absolute Gasteiger partial charge is 0.274 e. The first-order valence-electron chi connectivity index (χ1n) is 7.54. The highest BCUT2D eigenvalue weighted by molar-refractivity contribution is 7.93. The second-order valence-electron chi connectivity index (χ2n) is 5.53. The summed E-state index contributed by atoms with van der Waals surface area (Å²) in [4.78, 5) is 12.4. The first-order chi connectivity index (χ1) is 12.4. The molecule has 1 N–H and O–H groups in total. The molecule has 26 heavy (non-hydrogen) atoms. The standard InChI is InChI=1S/C17H14ClN3O3S2/c1-11-2-4-12(5-3-11)10-19-16(22)15-17(25-21-20-15)26(23,24)14-8-6-13(18)7-9-14/h2-9H,10H2,1H3,(H,19,22). The number of hydrogen-bond donors (Lipinski definition) is 1. The molecule has 0 aliphatic rings. The molecule has 0 fully saturated rings. The van der Waals surface area contributed by atoms with Gasteiger partial charge in [0.25, 0.3) is 5.91 Å². The molecule has 3 rings (SSSR count). The Bertz CT molecular complexity index is 1030. The lowest BCUT2D eigenvalue weighted by atomic mass is 10.1. The van der Waals surface area contributed by atoms with E-state index < -0.39 is 15.7 Å². The van der Waals surface area contributed by atoms with Crippen molar-refractivity contribution < 1.29 is 13.2 Å². The van der Waals surface area contributed by atoms with Gasteiger partial charge in [0.15, 0.2) is 9.90 Å². The van der Waals surface area contributed by atoms with Crippen molar-refractivity contribution in [1.29, 1.82) is 0 Å². The van der Waals surface area contributed by atoms with E-state index in [0.717, 1.165) is 11.1 Å². The Morgan fingerprint density at radius 2 is 1.77 bits per heavy atom. The minimum absolute atomic E-state index is 0.0283. The van der Waals surface area contributed by atoms with Crippen LogP contribution in [-0.4, -0.2) is 23.9 Å². The van der Waals surface area contributed by atoms with Gasteiger partial charge < -0.3 is 5.32 Å². The first-order valence-corrected chi connectivity index (χ1v) is 10.2. The fourth-order valence-corrected chi connectivity index (χ4v) is 4.61. The molecule has 2 aromatic carbocycles. The van der Waals surface area contributed by atoms with Crippen LogP contribution in [0.25, 0.3) is 0 Å². The zero-order chi connectivity index (χ0) is 18.7. The molecular formula is C17H14ClN3O3S2. The van der Waals surface area contributed by atoms with Gasteiger partial charge in [-0.2, -0.15) is 0 Å². The van der Waals surface area contributed by atoms with Crippen LogP contribution in [0.15, 0.2) is 57.6 Å². The summed E-state index contributed by atoms with van der Waals surface area (Å²) in [7, 11) is -3.90. The molecule has 1 heterocycles. The molecule has 0 saturated heterocycles. The van der Waals surface area contributed by atoms with Gasteiger partial charge >= 0.3 is 0 Å². The minimum Gasteiger partial charge on any atom is -0.346 e. The zero-order valence-electron chi connectivity index (χ0n) is 13.6. The minimum atomic E-state index is -3.90. The molecule has 0 radical (unpaired) electrons. The number of benzene rings is 2. The number of halogens is 1. The molecule has 0 atom stereocenters. The van der Waals surface area contributed by atoms with Crippen molar-refractivity contribution in [3.8, 4) is 0 Å². The van der Waals surface area contributed by atoms with E-state index >= 15 is 0 Å². The number of hydrogen-bond acceptors (Lipinski definition) is 6. The number of nitrogens with zero attached hydrogens (tertiary/aromatic N) is 2. The molecule has 6 nitrogen and oxygen atoms in total. The molecule has 9 heteroatoms. The van der Waals surface area contributed by atoms with Gasteiger partial charge in [-0.1, -0.05) is 45.9 Å². The Balaban J connectivity index is 1.82. The van der Waals surface area contributed by atoms with Gasteiger partial charge in [-0.3, -0.25) is 4.79 Å². The zero-order valence-corrected chi connectivity index (χ0v) is 16.0. The van der Waals surface area contributed by atoms with Gasteiger partial charge in [-0.25, -0.2) is 8.42 Å². The van der Waals surface area contributed by atoms with Crippen LogP contribution in [0.2, 0.25) is 5.02 Å². The Kier molecular flexibility index (Phi) is 5.36. The molecule has 0 aliphatic carbocycles. The monoisotopic (exact) mass is 407 g/mol. The van der Waals surface area contributed by atoms with Crippen LogP contribution in [-0.2, 0) is 16.4 Å². The molecule has 3 aromatic rings. The summed E-state index contributed by atoms with van der Waals surface area (Å²) < 4.78 is 29.0. The fourth-order valence-electron chi connectivity index (χ4n) is 2.19. The van der Waals surface area contributed by atoms with Crippen LogP contribution in [0.5, 0.6) is 0 Å². The Hall–Kier alpha value is -2.29. The maximum atomic E-state index is 12.8. The molecule has 0 spiro atoms. The highest BCUT2D eigenvalue weighted by atomic mass is 35.5. The van der Waals surface area contributed by atoms with E-state index in [-0.39, 0.29) is 21.3 Å². The van der Waals surface area contributed by atoms with E-state index in [9.17, 15) is 13.2 Å². The summed E-state index contributed by atoms with van der Waals surface area (Å²) in [5.41, 5.74) is 1.80. The summed E-state index contributed by atoms with van der Waals surface area (Å²) >= 11 is 6.46. The normalized spacial score (nSPS) is 11.3. The van der Waals surface area contributed by atoms with Gasteiger partial charge in [-0.15, -0.1) is 5.10 Å². The third kappa shape index (κ3) is 3.92. The lowest BCUT2D eigenvalue weighted by molar-refractivity contribution is 0.0942. The number of amides is 1. The summed E-state index contributed by atoms with van der Waals surface area (Å²) in [5.74, 6) is -0.591. The van der Waals surface area contributed by atoms with Crippen molar-refractivity contribution in [2.45, 2.75) is 22.6 Å². The van der Waals surface area contributed by atoms with E-state index in [2.05, 4.69) is 14.9 Å². The molecular weight excluding hydrogens is 394 g/mol. The van der Waals surface area contributed by atoms with E-state index in [4.69, 9.17) is 11.6 Å². The van der Waals surface area contributed by atoms with Crippen LogP contribution in [0, 0.1) is 6.92 Å². The van der Waals surface area contributed by atoms with E-state index in [1.807, 2.05) is 31.2 Å². The highest BCUT2D eigenvalue weighted by Gasteiger charge is 2.28. The number of rotatable bonds is 5. The van der Waals surface area contributed by atoms with Gasteiger partial charge in [0.2, 0.25) is 9.84 Å². The number of sulfone groups is 1. The maximum absolute atomic E-state index is 12.8. The van der Waals surface area contributed by atoms with Gasteiger partial charge in [0.1, 0.15) is 0 Å². The van der Waals surface area contributed by atoms with Crippen LogP contribution >= 0.6 is 23.1 Å². The van der Waals surface area contributed by atoms with Crippen LogP contribution in [0.3, 0.4) is 0 Å². The molecule has 0 saturated carbocycles.